The Morgan fingerprint density at radius 3 is 2.53 bits per heavy atom. The maximum atomic E-state index is 11.7. The molecule has 0 aliphatic rings. The third-order valence-electron chi connectivity index (χ3n) is 2.88. The van der Waals surface area contributed by atoms with Gasteiger partial charge in [-0.3, -0.25) is 5.32 Å². The Morgan fingerprint density at radius 1 is 1.42 bits per heavy atom. The summed E-state index contributed by atoms with van der Waals surface area (Å²) in [5, 5.41) is 19.2. The van der Waals surface area contributed by atoms with Crippen LogP contribution in [0.4, 0.5) is 10.6 Å². The van der Waals surface area contributed by atoms with Crippen LogP contribution < -0.4 is 10.6 Å². The molecule has 1 rings (SSSR count). The Labute approximate surface area is 113 Å². The van der Waals surface area contributed by atoms with Gasteiger partial charge >= 0.3 is 6.03 Å². The summed E-state index contributed by atoms with van der Waals surface area (Å²) in [5.74, 6) is 0.994. The van der Waals surface area contributed by atoms with E-state index in [1.54, 1.807) is 13.0 Å². The minimum absolute atomic E-state index is 0.233. The van der Waals surface area contributed by atoms with Gasteiger partial charge in [0.15, 0.2) is 5.82 Å². The number of hydrogen-bond acceptors (Lipinski definition) is 4. The summed E-state index contributed by atoms with van der Waals surface area (Å²) in [6.45, 7) is 6.01. The summed E-state index contributed by atoms with van der Waals surface area (Å²) in [7, 11) is 0. The number of urea groups is 1. The zero-order chi connectivity index (χ0) is 14.3. The van der Waals surface area contributed by atoms with Crippen molar-refractivity contribution in [1.82, 2.24) is 10.5 Å². The molecule has 1 aromatic rings. The fourth-order valence-corrected chi connectivity index (χ4v) is 2.06. The second-order valence-corrected chi connectivity index (χ2v) is 4.85. The van der Waals surface area contributed by atoms with E-state index in [0.29, 0.717) is 24.4 Å². The number of anilines is 1. The number of amides is 2. The third-order valence-corrected chi connectivity index (χ3v) is 2.88. The number of aromatic nitrogens is 1. The summed E-state index contributed by atoms with van der Waals surface area (Å²) < 4.78 is 4.85. The van der Waals surface area contributed by atoms with Crippen molar-refractivity contribution < 1.29 is 14.4 Å². The van der Waals surface area contributed by atoms with Crippen LogP contribution in [0.25, 0.3) is 0 Å². The summed E-state index contributed by atoms with van der Waals surface area (Å²) in [4.78, 5) is 11.7. The molecule has 0 atom stereocenters. The van der Waals surface area contributed by atoms with E-state index < -0.39 is 5.60 Å². The Balaban J connectivity index is 2.43. The number of nitrogens with zero attached hydrogens (tertiary/aromatic N) is 1. The van der Waals surface area contributed by atoms with Crippen LogP contribution in [-0.2, 0) is 0 Å². The van der Waals surface area contributed by atoms with Gasteiger partial charge < -0.3 is 14.9 Å². The molecular formula is C13H23N3O3. The van der Waals surface area contributed by atoms with Gasteiger partial charge in [0.05, 0.1) is 5.60 Å². The first-order valence-corrected chi connectivity index (χ1v) is 6.69. The first-order valence-electron chi connectivity index (χ1n) is 6.69. The van der Waals surface area contributed by atoms with Crippen LogP contribution in [0.15, 0.2) is 10.6 Å². The largest absolute Gasteiger partial charge is 0.388 e. The van der Waals surface area contributed by atoms with E-state index in [2.05, 4.69) is 15.8 Å². The molecule has 0 saturated heterocycles. The maximum Gasteiger partial charge on any atom is 0.320 e. The smallest absolute Gasteiger partial charge is 0.320 e. The van der Waals surface area contributed by atoms with Gasteiger partial charge in [-0.25, -0.2) is 4.79 Å². The predicted molar refractivity (Wildman–Crippen MR) is 73.0 cm³/mol. The highest BCUT2D eigenvalue weighted by atomic mass is 16.5. The lowest BCUT2D eigenvalue weighted by molar-refractivity contribution is 0.0245. The van der Waals surface area contributed by atoms with Crippen molar-refractivity contribution >= 4 is 11.8 Å². The zero-order valence-electron chi connectivity index (χ0n) is 11.8. The molecule has 0 aliphatic heterocycles. The standard InChI is InChI=1S/C13H23N3O3/c1-4-6-13(18,7-5-2)9-14-12(17)15-11-8-10(3)19-16-11/h8,18H,4-7,9H2,1-3H3,(H2,14,15,16,17). The number of nitrogens with one attached hydrogen (secondary N) is 2. The SMILES string of the molecule is CCCC(O)(CCC)CNC(=O)Nc1cc(C)on1. The lowest BCUT2D eigenvalue weighted by Crippen LogP contribution is -2.44. The van der Waals surface area contributed by atoms with Gasteiger partial charge in [-0.1, -0.05) is 31.8 Å². The Hall–Kier alpha value is -1.56. The molecule has 0 saturated carbocycles. The second-order valence-electron chi connectivity index (χ2n) is 4.85. The van der Waals surface area contributed by atoms with Crippen molar-refractivity contribution in [2.75, 3.05) is 11.9 Å². The maximum absolute atomic E-state index is 11.7. The molecule has 0 unspecified atom stereocenters. The van der Waals surface area contributed by atoms with Crippen molar-refractivity contribution in [3.8, 4) is 0 Å². The molecule has 1 heterocycles. The fourth-order valence-electron chi connectivity index (χ4n) is 2.06. The van der Waals surface area contributed by atoms with Crippen LogP contribution in [0.3, 0.4) is 0 Å². The van der Waals surface area contributed by atoms with Gasteiger partial charge in [-0.15, -0.1) is 0 Å². The third kappa shape index (κ3) is 5.30. The average Bonchev–Trinajstić information content (AvgIpc) is 2.73. The predicted octanol–water partition coefficient (Wildman–Crippen LogP) is 2.44. The van der Waals surface area contributed by atoms with E-state index in [1.807, 2.05) is 13.8 Å². The van der Waals surface area contributed by atoms with Crippen LogP contribution in [0.1, 0.15) is 45.3 Å². The van der Waals surface area contributed by atoms with Gasteiger partial charge in [0.1, 0.15) is 5.76 Å². The van der Waals surface area contributed by atoms with Gasteiger partial charge in [0, 0.05) is 12.6 Å². The molecule has 6 nitrogen and oxygen atoms in total. The molecule has 19 heavy (non-hydrogen) atoms. The van der Waals surface area contributed by atoms with E-state index in [1.165, 1.54) is 0 Å². The average molecular weight is 269 g/mol. The molecule has 6 heteroatoms. The highest BCUT2D eigenvalue weighted by Gasteiger charge is 2.25. The first kappa shape index (κ1) is 15.5. The van der Waals surface area contributed by atoms with Gasteiger partial charge in [0.2, 0.25) is 0 Å². The minimum Gasteiger partial charge on any atom is -0.388 e. The van der Waals surface area contributed by atoms with E-state index in [-0.39, 0.29) is 12.6 Å². The first-order chi connectivity index (χ1) is 8.99. The van der Waals surface area contributed by atoms with Crippen LogP contribution in [0.2, 0.25) is 0 Å². The lowest BCUT2D eigenvalue weighted by atomic mass is 9.93. The van der Waals surface area contributed by atoms with Gasteiger partial charge in [-0.2, -0.15) is 0 Å². The normalized spacial score (nSPS) is 11.4. The highest BCUT2D eigenvalue weighted by Crippen LogP contribution is 2.18. The van der Waals surface area contributed by atoms with Crippen molar-refractivity contribution in [1.29, 1.82) is 0 Å². The van der Waals surface area contributed by atoms with Crippen LogP contribution in [0.5, 0.6) is 0 Å². The van der Waals surface area contributed by atoms with Crippen molar-refractivity contribution in [3.05, 3.63) is 11.8 Å². The van der Waals surface area contributed by atoms with Crippen LogP contribution in [0, 0.1) is 6.92 Å². The summed E-state index contributed by atoms with van der Waals surface area (Å²) in [6.07, 6.45) is 3.10. The minimum atomic E-state index is -0.833. The van der Waals surface area contributed by atoms with E-state index >= 15 is 0 Å². The quantitative estimate of drug-likeness (QED) is 0.709. The summed E-state index contributed by atoms with van der Waals surface area (Å²) in [6, 6.07) is 1.24. The molecule has 0 aliphatic carbocycles. The molecule has 0 spiro atoms. The number of rotatable bonds is 7. The second kappa shape index (κ2) is 7.13. The Bertz CT molecular complexity index is 398. The van der Waals surface area contributed by atoms with E-state index in [0.717, 1.165) is 12.8 Å². The number of aryl methyl sites for hydroxylation is 1. The lowest BCUT2D eigenvalue weighted by Gasteiger charge is -2.27. The topological polar surface area (TPSA) is 87.4 Å². The molecule has 0 bridgehead atoms. The molecule has 0 aromatic carbocycles. The van der Waals surface area contributed by atoms with Crippen molar-refractivity contribution in [2.24, 2.45) is 0 Å². The molecule has 0 fully saturated rings. The van der Waals surface area contributed by atoms with Crippen LogP contribution >= 0.6 is 0 Å². The summed E-state index contributed by atoms with van der Waals surface area (Å²) >= 11 is 0. The molecule has 1 aromatic heterocycles. The molecule has 2 amide bonds. The number of carbonyl (C=O) groups excluding carboxylic acids is 1. The molecule has 0 radical (unpaired) electrons. The highest BCUT2D eigenvalue weighted by molar-refractivity contribution is 5.88. The van der Waals surface area contributed by atoms with Gasteiger partial charge in [-0.05, 0) is 19.8 Å². The number of hydrogen-bond donors (Lipinski definition) is 3. The zero-order valence-corrected chi connectivity index (χ0v) is 11.8. The van der Waals surface area contributed by atoms with Crippen molar-refractivity contribution in [3.63, 3.8) is 0 Å². The van der Waals surface area contributed by atoms with Crippen molar-refractivity contribution in [2.45, 2.75) is 52.1 Å². The van der Waals surface area contributed by atoms with E-state index in [4.69, 9.17) is 4.52 Å². The number of aliphatic hydroxyl groups is 1. The number of carbonyl (C=O) groups is 1. The molecule has 3 N–H and O–H groups in total. The Morgan fingerprint density at radius 2 is 2.05 bits per heavy atom. The van der Waals surface area contributed by atoms with E-state index in [9.17, 15) is 9.90 Å². The van der Waals surface area contributed by atoms with Crippen LogP contribution in [-0.4, -0.2) is 28.4 Å². The monoisotopic (exact) mass is 269 g/mol. The molecule has 108 valence electrons. The summed E-state index contributed by atoms with van der Waals surface area (Å²) in [5.41, 5.74) is -0.833. The van der Waals surface area contributed by atoms with Gasteiger partial charge in [0.25, 0.3) is 0 Å². The fraction of sp³-hybridized carbons (Fsp3) is 0.692. The Kier molecular flexibility index (Phi) is 5.82. The molecular weight excluding hydrogens is 246 g/mol.